The second-order valence-electron chi connectivity index (χ2n) is 5.34. The smallest absolute Gasteiger partial charge is 0.192 e. The number of rotatable bonds is 3. The molecule has 5 heteroatoms. The predicted octanol–water partition coefficient (Wildman–Crippen LogP) is 3.01. The van der Waals surface area contributed by atoms with Crippen molar-refractivity contribution in [1.29, 1.82) is 0 Å². The van der Waals surface area contributed by atoms with Crippen LogP contribution in [0.1, 0.15) is 44.9 Å². The number of aromatic nitrogens is 1. The molecule has 19 heavy (non-hydrogen) atoms. The normalized spacial score (nSPS) is 18.6. The molecular formula is C14H22N2O2S. The molecule has 0 aromatic carbocycles. The van der Waals surface area contributed by atoms with Crippen LogP contribution >= 0.6 is 0 Å². The Bertz CT molecular complexity index is 489. The van der Waals surface area contributed by atoms with Crippen LogP contribution in [0, 0.1) is 0 Å². The monoisotopic (exact) mass is 282 g/mol. The van der Waals surface area contributed by atoms with Crippen molar-refractivity contribution in [2.24, 2.45) is 0 Å². The summed E-state index contributed by atoms with van der Waals surface area (Å²) in [5.41, 5.74) is 0.915. The molecule has 0 saturated heterocycles. The molecule has 0 spiro atoms. The number of sulfone groups is 1. The Morgan fingerprint density at radius 2 is 1.74 bits per heavy atom. The van der Waals surface area contributed by atoms with Crippen molar-refractivity contribution in [3.05, 3.63) is 18.3 Å². The van der Waals surface area contributed by atoms with Gasteiger partial charge in [0.2, 0.25) is 0 Å². The van der Waals surface area contributed by atoms with E-state index in [4.69, 9.17) is 0 Å². The molecule has 106 valence electrons. The van der Waals surface area contributed by atoms with Crippen LogP contribution in [0.5, 0.6) is 0 Å². The van der Waals surface area contributed by atoms with Crippen LogP contribution in [0.2, 0.25) is 0 Å². The van der Waals surface area contributed by atoms with Crippen molar-refractivity contribution in [3.63, 3.8) is 0 Å². The SMILES string of the molecule is CS(=O)(=O)c1ccc(NC2CCCCCCC2)cn1. The van der Waals surface area contributed by atoms with Gasteiger partial charge >= 0.3 is 0 Å². The summed E-state index contributed by atoms with van der Waals surface area (Å²) >= 11 is 0. The van der Waals surface area contributed by atoms with Crippen LogP contribution in [0.25, 0.3) is 0 Å². The van der Waals surface area contributed by atoms with Crippen LogP contribution in [-0.4, -0.2) is 25.7 Å². The highest BCUT2D eigenvalue weighted by molar-refractivity contribution is 7.90. The van der Waals surface area contributed by atoms with E-state index in [9.17, 15) is 8.42 Å². The number of pyridine rings is 1. The van der Waals surface area contributed by atoms with E-state index in [0.29, 0.717) is 6.04 Å². The molecule has 1 fully saturated rings. The van der Waals surface area contributed by atoms with Crippen molar-refractivity contribution in [3.8, 4) is 0 Å². The van der Waals surface area contributed by atoms with E-state index in [1.165, 1.54) is 51.2 Å². The topological polar surface area (TPSA) is 59.1 Å². The van der Waals surface area contributed by atoms with E-state index in [1.807, 2.05) is 6.07 Å². The molecule has 1 saturated carbocycles. The zero-order chi connectivity index (χ0) is 13.7. The van der Waals surface area contributed by atoms with Gasteiger partial charge in [-0.05, 0) is 25.0 Å². The van der Waals surface area contributed by atoms with E-state index in [0.717, 1.165) is 5.69 Å². The Kier molecular flexibility index (Phi) is 4.80. The molecule has 1 aromatic rings. The van der Waals surface area contributed by atoms with E-state index in [1.54, 1.807) is 12.3 Å². The Balaban J connectivity index is 1.98. The first-order valence-electron chi connectivity index (χ1n) is 6.98. The van der Waals surface area contributed by atoms with Gasteiger partial charge in [0.05, 0.1) is 11.9 Å². The molecule has 0 aliphatic heterocycles. The summed E-state index contributed by atoms with van der Waals surface area (Å²) in [5, 5.41) is 3.60. The minimum absolute atomic E-state index is 0.135. The summed E-state index contributed by atoms with van der Waals surface area (Å²) in [6, 6.07) is 3.87. The highest BCUT2D eigenvalue weighted by Gasteiger charge is 2.12. The van der Waals surface area contributed by atoms with Gasteiger partial charge in [-0.1, -0.05) is 32.1 Å². The second-order valence-corrected chi connectivity index (χ2v) is 7.31. The largest absolute Gasteiger partial charge is 0.381 e. The maximum absolute atomic E-state index is 11.3. The van der Waals surface area contributed by atoms with Crippen molar-refractivity contribution in [2.45, 2.75) is 56.0 Å². The number of anilines is 1. The summed E-state index contributed by atoms with van der Waals surface area (Å²) in [6.07, 6.45) is 11.7. The molecule has 0 bridgehead atoms. The lowest BCUT2D eigenvalue weighted by Gasteiger charge is -2.21. The highest BCUT2D eigenvalue weighted by atomic mass is 32.2. The van der Waals surface area contributed by atoms with Crippen molar-refractivity contribution < 1.29 is 8.42 Å². The third kappa shape index (κ3) is 4.49. The van der Waals surface area contributed by atoms with E-state index < -0.39 is 9.84 Å². The summed E-state index contributed by atoms with van der Waals surface area (Å²) in [7, 11) is -3.20. The molecule has 2 rings (SSSR count). The Morgan fingerprint density at radius 1 is 1.11 bits per heavy atom. The van der Waals surface area contributed by atoms with E-state index in [-0.39, 0.29) is 5.03 Å². The van der Waals surface area contributed by atoms with Gasteiger partial charge in [0.15, 0.2) is 14.9 Å². The lowest BCUT2D eigenvalue weighted by Crippen LogP contribution is -2.20. The maximum Gasteiger partial charge on any atom is 0.192 e. The third-order valence-electron chi connectivity index (χ3n) is 3.59. The molecule has 0 amide bonds. The van der Waals surface area contributed by atoms with Gasteiger partial charge in [0, 0.05) is 12.3 Å². The third-order valence-corrected chi connectivity index (χ3v) is 4.59. The minimum Gasteiger partial charge on any atom is -0.381 e. The van der Waals surface area contributed by atoms with E-state index in [2.05, 4.69) is 10.3 Å². The van der Waals surface area contributed by atoms with Crippen molar-refractivity contribution >= 4 is 15.5 Å². The fraction of sp³-hybridized carbons (Fsp3) is 0.643. The molecule has 0 radical (unpaired) electrons. The fourth-order valence-corrected chi connectivity index (χ4v) is 3.08. The van der Waals surface area contributed by atoms with Crippen molar-refractivity contribution in [1.82, 2.24) is 4.98 Å². The van der Waals surface area contributed by atoms with Gasteiger partial charge in [-0.3, -0.25) is 0 Å². The lowest BCUT2D eigenvalue weighted by atomic mass is 9.96. The molecular weight excluding hydrogens is 260 g/mol. The van der Waals surface area contributed by atoms with Gasteiger partial charge in [0.1, 0.15) is 0 Å². The molecule has 1 aromatic heterocycles. The standard InChI is InChI=1S/C14H22N2O2S/c1-19(17,18)14-10-9-13(11-15-14)16-12-7-5-3-2-4-6-8-12/h9-12,16H,2-8H2,1H3. The van der Waals surface area contributed by atoms with Gasteiger partial charge in [0.25, 0.3) is 0 Å². The molecule has 0 unspecified atom stereocenters. The lowest BCUT2D eigenvalue weighted by molar-refractivity contribution is 0.471. The second kappa shape index (κ2) is 6.37. The van der Waals surface area contributed by atoms with Crippen molar-refractivity contribution in [2.75, 3.05) is 11.6 Å². The maximum atomic E-state index is 11.3. The average Bonchev–Trinajstić information content (AvgIpc) is 2.32. The van der Waals surface area contributed by atoms with Gasteiger partial charge in [-0.2, -0.15) is 0 Å². The van der Waals surface area contributed by atoms with Crippen LogP contribution < -0.4 is 5.32 Å². The first-order valence-corrected chi connectivity index (χ1v) is 8.87. The Hall–Kier alpha value is -1.10. The first kappa shape index (κ1) is 14.3. The van der Waals surface area contributed by atoms with Gasteiger partial charge in [-0.25, -0.2) is 13.4 Å². The molecule has 1 heterocycles. The zero-order valence-electron chi connectivity index (χ0n) is 11.4. The van der Waals surface area contributed by atoms with Crippen LogP contribution in [0.3, 0.4) is 0 Å². The van der Waals surface area contributed by atoms with Crippen LogP contribution in [-0.2, 0) is 9.84 Å². The first-order chi connectivity index (χ1) is 9.05. The van der Waals surface area contributed by atoms with Crippen LogP contribution in [0.15, 0.2) is 23.4 Å². The molecule has 0 atom stereocenters. The Morgan fingerprint density at radius 3 is 2.26 bits per heavy atom. The number of nitrogens with zero attached hydrogens (tertiary/aromatic N) is 1. The minimum atomic E-state index is -3.20. The summed E-state index contributed by atoms with van der Waals surface area (Å²) in [4.78, 5) is 4.01. The zero-order valence-corrected chi connectivity index (χ0v) is 12.2. The molecule has 1 N–H and O–H groups in total. The highest BCUT2D eigenvalue weighted by Crippen LogP contribution is 2.20. The van der Waals surface area contributed by atoms with Gasteiger partial charge in [-0.15, -0.1) is 0 Å². The van der Waals surface area contributed by atoms with E-state index >= 15 is 0 Å². The quantitative estimate of drug-likeness (QED) is 0.926. The summed E-state index contributed by atoms with van der Waals surface area (Å²) in [6.45, 7) is 0. The number of hydrogen-bond acceptors (Lipinski definition) is 4. The average molecular weight is 282 g/mol. The van der Waals surface area contributed by atoms with Gasteiger partial charge < -0.3 is 5.32 Å². The molecule has 4 nitrogen and oxygen atoms in total. The summed E-state index contributed by atoms with van der Waals surface area (Å²) < 4.78 is 22.7. The van der Waals surface area contributed by atoms with Crippen LogP contribution in [0.4, 0.5) is 5.69 Å². The Labute approximate surface area is 115 Å². The fourth-order valence-electron chi connectivity index (χ4n) is 2.52. The number of hydrogen-bond donors (Lipinski definition) is 1. The molecule has 1 aliphatic carbocycles. The summed E-state index contributed by atoms with van der Waals surface area (Å²) in [5.74, 6) is 0. The number of nitrogens with one attached hydrogen (secondary N) is 1. The molecule has 1 aliphatic rings. The predicted molar refractivity (Wildman–Crippen MR) is 77.1 cm³/mol.